The van der Waals surface area contributed by atoms with Crippen LogP contribution in [0.4, 0.5) is 0 Å². The summed E-state index contributed by atoms with van der Waals surface area (Å²) >= 11 is 0. The molecule has 0 radical (unpaired) electrons. The van der Waals surface area contributed by atoms with E-state index in [2.05, 4.69) is 38.4 Å². The summed E-state index contributed by atoms with van der Waals surface area (Å²) in [5.41, 5.74) is 3.83. The molecule has 1 fully saturated rings. The van der Waals surface area contributed by atoms with E-state index in [0.29, 0.717) is 30.4 Å². The number of nitrogens with zero attached hydrogens (tertiary/aromatic N) is 4. The van der Waals surface area contributed by atoms with Crippen LogP contribution in [0.2, 0.25) is 0 Å². The molecule has 1 atom stereocenters. The van der Waals surface area contributed by atoms with Gasteiger partial charge in [0.15, 0.2) is 0 Å². The Labute approximate surface area is 201 Å². The molecule has 0 saturated carbocycles. The highest BCUT2D eigenvalue weighted by molar-refractivity contribution is 5.92. The smallest absolute Gasteiger partial charge is 0.270 e. The van der Waals surface area contributed by atoms with Crippen molar-refractivity contribution in [2.45, 2.75) is 52.2 Å². The fourth-order valence-corrected chi connectivity index (χ4v) is 4.62. The van der Waals surface area contributed by atoms with Crippen LogP contribution in [0.3, 0.4) is 0 Å². The summed E-state index contributed by atoms with van der Waals surface area (Å²) in [5, 5.41) is 13.4. The molecule has 2 N–H and O–H groups in total. The molecule has 0 unspecified atom stereocenters. The number of amides is 2. The van der Waals surface area contributed by atoms with E-state index in [0.717, 1.165) is 38.3 Å². The number of aliphatic hydroxyl groups is 1. The van der Waals surface area contributed by atoms with Gasteiger partial charge in [0, 0.05) is 57.8 Å². The van der Waals surface area contributed by atoms with Crippen LogP contribution in [0.5, 0.6) is 0 Å². The molecule has 2 aromatic rings. The molecular formula is C26H35N5O3. The number of nitrogens with one attached hydrogen (secondary N) is 1. The Kier molecular flexibility index (Phi) is 7.58. The van der Waals surface area contributed by atoms with Crippen LogP contribution in [0, 0.1) is 5.92 Å². The van der Waals surface area contributed by atoms with Gasteiger partial charge in [-0.25, -0.2) is 9.97 Å². The SMILES string of the molecule is CC(=O)N1CC(Cc2cc(C(=O)NC[C@H](O)CN3CCc4ccccc4C3)nc(C(C)C)n2)C1. The molecule has 3 heterocycles. The molecule has 182 valence electrons. The van der Waals surface area contributed by atoms with Crippen molar-refractivity contribution in [3.8, 4) is 0 Å². The minimum Gasteiger partial charge on any atom is -0.390 e. The molecule has 34 heavy (non-hydrogen) atoms. The van der Waals surface area contributed by atoms with E-state index in [-0.39, 0.29) is 24.3 Å². The maximum absolute atomic E-state index is 12.9. The van der Waals surface area contributed by atoms with E-state index in [9.17, 15) is 14.7 Å². The summed E-state index contributed by atoms with van der Waals surface area (Å²) < 4.78 is 0. The summed E-state index contributed by atoms with van der Waals surface area (Å²) in [6.45, 7) is 9.44. The van der Waals surface area contributed by atoms with Crippen molar-refractivity contribution in [1.29, 1.82) is 0 Å². The van der Waals surface area contributed by atoms with Crippen molar-refractivity contribution >= 4 is 11.8 Å². The van der Waals surface area contributed by atoms with Gasteiger partial charge in [-0.1, -0.05) is 38.1 Å². The normalized spacial score (nSPS) is 17.3. The van der Waals surface area contributed by atoms with Crippen LogP contribution < -0.4 is 5.32 Å². The lowest BCUT2D eigenvalue weighted by atomic mass is 9.94. The number of rotatable bonds is 8. The lowest BCUT2D eigenvalue weighted by molar-refractivity contribution is -0.134. The second-order valence-corrected chi connectivity index (χ2v) is 9.87. The predicted molar refractivity (Wildman–Crippen MR) is 129 cm³/mol. The second kappa shape index (κ2) is 10.6. The van der Waals surface area contributed by atoms with Gasteiger partial charge in [0.1, 0.15) is 11.5 Å². The lowest BCUT2D eigenvalue weighted by Crippen LogP contribution is -2.49. The van der Waals surface area contributed by atoms with Crippen LogP contribution in [0.15, 0.2) is 30.3 Å². The second-order valence-electron chi connectivity index (χ2n) is 9.87. The number of carbonyl (C=O) groups is 2. The highest BCUT2D eigenvalue weighted by Crippen LogP contribution is 2.21. The molecule has 1 aromatic carbocycles. The predicted octanol–water partition coefficient (Wildman–Crippen LogP) is 1.77. The quantitative estimate of drug-likeness (QED) is 0.617. The number of aliphatic hydroxyl groups excluding tert-OH is 1. The largest absolute Gasteiger partial charge is 0.390 e. The van der Waals surface area contributed by atoms with E-state index >= 15 is 0 Å². The zero-order valence-electron chi connectivity index (χ0n) is 20.3. The molecule has 2 amide bonds. The fraction of sp³-hybridized carbons (Fsp3) is 0.538. The van der Waals surface area contributed by atoms with Gasteiger partial charge in [0.05, 0.1) is 6.10 Å². The Morgan fingerprint density at radius 2 is 1.91 bits per heavy atom. The first-order valence-corrected chi connectivity index (χ1v) is 12.2. The first-order valence-electron chi connectivity index (χ1n) is 12.2. The number of fused-ring (bicyclic) bond motifs is 1. The van der Waals surface area contributed by atoms with Gasteiger partial charge in [-0.3, -0.25) is 14.5 Å². The van der Waals surface area contributed by atoms with E-state index < -0.39 is 6.10 Å². The Balaban J connectivity index is 1.32. The maximum Gasteiger partial charge on any atom is 0.270 e. The molecule has 8 nitrogen and oxygen atoms in total. The molecule has 0 bridgehead atoms. The summed E-state index contributed by atoms with van der Waals surface area (Å²) in [5.74, 6) is 0.875. The first-order chi connectivity index (χ1) is 16.3. The Bertz CT molecular complexity index is 1030. The number of benzene rings is 1. The van der Waals surface area contributed by atoms with Crippen LogP contribution in [-0.2, 0) is 24.2 Å². The molecule has 0 spiro atoms. The average molecular weight is 466 g/mol. The van der Waals surface area contributed by atoms with Crippen LogP contribution in [0.25, 0.3) is 0 Å². The summed E-state index contributed by atoms with van der Waals surface area (Å²) in [7, 11) is 0. The van der Waals surface area contributed by atoms with E-state index in [1.165, 1.54) is 11.1 Å². The third-order valence-corrected chi connectivity index (χ3v) is 6.62. The van der Waals surface area contributed by atoms with Crippen LogP contribution >= 0.6 is 0 Å². The third kappa shape index (κ3) is 5.98. The van der Waals surface area contributed by atoms with Gasteiger partial charge in [-0.15, -0.1) is 0 Å². The Morgan fingerprint density at radius 1 is 1.18 bits per heavy atom. The monoisotopic (exact) mass is 465 g/mol. The summed E-state index contributed by atoms with van der Waals surface area (Å²) in [6, 6.07) is 10.1. The molecular weight excluding hydrogens is 430 g/mol. The first kappa shape index (κ1) is 24.3. The van der Waals surface area contributed by atoms with E-state index in [4.69, 9.17) is 0 Å². The van der Waals surface area contributed by atoms with Gasteiger partial charge >= 0.3 is 0 Å². The van der Waals surface area contributed by atoms with Gasteiger partial charge in [0.25, 0.3) is 5.91 Å². The van der Waals surface area contributed by atoms with E-state index in [1.54, 1.807) is 13.0 Å². The van der Waals surface area contributed by atoms with E-state index in [1.807, 2.05) is 24.8 Å². The average Bonchev–Trinajstić information content (AvgIpc) is 2.79. The highest BCUT2D eigenvalue weighted by Gasteiger charge is 2.29. The zero-order chi connectivity index (χ0) is 24.2. The highest BCUT2D eigenvalue weighted by atomic mass is 16.3. The third-order valence-electron chi connectivity index (χ3n) is 6.62. The number of carbonyl (C=O) groups excluding carboxylic acids is 2. The number of aromatic nitrogens is 2. The Hall–Kier alpha value is -2.84. The molecule has 2 aliphatic heterocycles. The number of hydrogen-bond acceptors (Lipinski definition) is 6. The van der Waals surface area contributed by atoms with Crippen molar-refractivity contribution < 1.29 is 14.7 Å². The van der Waals surface area contributed by atoms with Crippen molar-refractivity contribution in [3.05, 3.63) is 58.7 Å². The van der Waals surface area contributed by atoms with Crippen LogP contribution in [-0.4, -0.2) is 75.5 Å². The van der Waals surface area contributed by atoms with Crippen molar-refractivity contribution in [2.24, 2.45) is 5.92 Å². The number of likely N-dealkylation sites (tertiary alicyclic amines) is 1. The standard InChI is InChI=1S/C26H35N5O3/c1-17(2)25-28-22(10-19-13-31(14-19)18(3)32)11-24(29-25)26(34)27-12-23(33)16-30-9-8-20-6-4-5-7-21(20)15-30/h4-7,11,17,19,23,33H,8-10,12-16H2,1-3H3,(H,27,34)/t23-/m0/s1. The lowest BCUT2D eigenvalue weighted by Gasteiger charge is -2.38. The molecule has 8 heteroatoms. The topological polar surface area (TPSA) is 98.7 Å². The Morgan fingerprint density at radius 3 is 2.62 bits per heavy atom. The van der Waals surface area contributed by atoms with Gasteiger partial charge < -0.3 is 15.3 Å². The molecule has 1 aromatic heterocycles. The minimum atomic E-state index is -0.660. The van der Waals surface area contributed by atoms with Gasteiger partial charge in [0.2, 0.25) is 5.91 Å². The fourth-order valence-electron chi connectivity index (χ4n) is 4.62. The van der Waals surface area contributed by atoms with Crippen molar-refractivity contribution in [3.63, 3.8) is 0 Å². The minimum absolute atomic E-state index is 0.0918. The molecule has 1 saturated heterocycles. The van der Waals surface area contributed by atoms with Crippen molar-refractivity contribution in [2.75, 3.05) is 32.7 Å². The number of β-amino-alcohol motifs (C(OH)–C–C–N with tert-alkyl or cyclic N) is 1. The van der Waals surface area contributed by atoms with Gasteiger partial charge in [-0.2, -0.15) is 0 Å². The molecule has 0 aliphatic carbocycles. The van der Waals surface area contributed by atoms with Crippen molar-refractivity contribution in [1.82, 2.24) is 25.1 Å². The maximum atomic E-state index is 12.9. The molecule has 2 aliphatic rings. The molecule has 4 rings (SSSR count). The zero-order valence-corrected chi connectivity index (χ0v) is 20.3. The van der Waals surface area contributed by atoms with Gasteiger partial charge in [-0.05, 0) is 36.0 Å². The summed E-state index contributed by atoms with van der Waals surface area (Å²) in [6.07, 6.45) is 1.03. The number of hydrogen-bond donors (Lipinski definition) is 2. The summed E-state index contributed by atoms with van der Waals surface area (Å²) in [4.78, 5) is 37.5. The van der Waals surface area contributed by atoms with Crippen LogP contribution in [0.1, 0.15) is 59.8 Å².